The highest BCUT2D eigenvalue weighted by Gasteiger charge is 2.21. The van der Waals surface area contributed by atoms with E-state index in [4.69, 9.17) is 21.7 Å². The lowest BCUT2D eigenvalue weighted by molar-refractivity contribution is 0.309. The smallest absolute Gasteiger partial charge is 0.171 e. The van der Waals surface area contributed by atoms with Gasteiger partial charge in [0.15, 0.2) is 5.11 Å². The maximum Gasteiger partial charge on any atom is 0.171 e. The van der Waals surface area contributed by atoms with Gasteiger partial charge >= 0.3 is 0 Å². The molecule has 0 bridgehead atoms. The standard InChI is InChI=1S/C16H24N2O2S/c1-11-6-4-5-7-15(11)18-16(21)17-12-8-13(19-2)10-14(9-12)20-3/h8-11,15H,4-7H2,1-3H3,(H2,17,18,21). The number of hydrogen-bond donors (Lipinski definition) is 2. The Kier molecular flexibility index (Phi) is 5.67. The lowest BCUT2D eigenvalue weighted by Gasteiger charge is -2.30. The Labute approximate surface area is 132 Å². The molecule has 0 saturated heterocycles. The minimum absolute atomic E-state index is 0.464. The molecule has 0 heterocycles. The average molecular weight is 308 g/mol. The fourth-order valence-corrected chi connectivity index (χ4v) is 3.02. The molecule has 0 radical (unpaired) electrons. The number of ether oxygens (including phenoxy) is 2. The van der Waals surface area contributed by atoms with Crippen LogP contribution in [0.15, 0.2) is 18.2 Å². The van der Waals surface area contributed by atoms with E-state index in [9.17, 15) is 0 Å². The van der Waals surface area contributed by atoms with Crippen LogP contribution in [0, 0.1) is 5.92 Å². The minimum atomic E-state index is 0.464. The molecule has 0 aliphatic heterocycles. The summed E-state index contributed by atoms with van der Waals surface area (Å²) >= 11 is 5.42. The summed E-state index contributed by atoms with van der Waals surface area (Å²) in [7, 11) is 3.28. The molecule has 1 aliphatic rings. The third-order valence-corrected chi connectivity index (χ3v) is 4.26. The number of methoxy groups -OCH3 is 2. The summed E-state index contributed by atoms with van der Waals surface area (Å²) in [6.07, 6.45) is 5.06. The second-order valence-corrected chi connectivity index (χ2v) is 5.98. The van der Waals surface area contributed by atoms with Gasteiger partial charge in [-0.25, -0.2) is 0 Å². The summed E-state index contributed by atoms with van der Waals surface area (Å²) in [4.78, 5) is 0. The second-order valence-electron chi connectivity index (χ2n) is 5.57. The van der Waals surface area contributed by atoms with Crippen molar-refractivity contribution in [1.29, 1.82) is 0 Å². The van der Waals surface area contributed by atoms with Gasteiger partial charge < -0.3 is 20.1 Å². The third-order valence-electron chi connectivity index (χ3n) is 4.04. The van der Waals surface area contributed by atoms with Crippen molar-refractivity contribution >= 4 is 23.0 Å². The third kappa shape index (κ3) is 4.49. The molecule has 21 heavy (non-hydrogen) atoms. The summed E-state index contributed by atoms with van der Waals surface area (Å²) < 4.78 is 10.5. The van der Waals surface area contributed by atoms with Gasteiger partial charge in [-0.1, -0.05) is 19.8 Å². The summed E-state index contributed by atoms with van der Waals surface area (Å²) in [5.41, 5.74) is 0.868. The molecule has 1 aromatic rings. The number of anilines is 1. The predicted molar refractivity (Wildman–Crippen MR) is 90.3 cm³/mol. The Bertz CT molecular complexity index is 471. The fraction of sp³-hybridized carbons (Fsp3) is 0.562. The van der Waals surface area contributed by atoms with Gasteiger partial charge in [0.05, 0.1) is 14.2 Å². The van der Waals surface area contributed by atoms with Crippen LogP contribution in [0.2, 0.25) is 0 Å². The van der Waals surface area contributed by atoms with E-state index in [-0.39, 0.29) is 0 Å². The number of hydrogen-bond acceptors (Lipinski definition) is 3. The zero-order valence-corrected chi connectivity index (χ0v) is 13.8. The van der Waals surface area contributed by atoms with E-state index in [2.05, 4.69) is 17.6 Å². The van der Waals surface area contributed by atoms with Crippen LogP contribution in [0.25, 0.3) is 0 Å². The van der Waals surface area contributed by atoms with Crippen LogP contribution in [0.5, 0.6) is 11.5 Å². The van der Waals surface area contributed by atoms with E-state index in [1.807, 2.05) is 18.2 Å². The number of thiocarbonyl (C=S) groups is 1. The zero-order chi connectivity index (χ0) is 15.2. The van der Waals surface area contributed by atoms with Gasteiger partial charge in [-0.05, 0) is 31.0 Å². The van der Waals surface area contributed by atoms with Gasteiger partial charge in [0, 0.05) is 29.9 Å². The molecule has 116 valence electrons. The molecule has 0 spiro atoms. The van der Waals surface area contributed by atoms with Gasteiger partial charge in [-0.15, -0.1) is 0 Å². The van der Waals surface area contributed by atoms with Crippen LogP contribution in [-0.4, -0.2) is 25.4 Å². The first-order valence-electron chi connectivity index (χ1n) is 7.43. The van der Waals surface area contributed by atoms with Crippen LogP contribution in [0.4, 0.5) is 5.69 Å². The first-order valence-corrected chi connectivity index (χ1v) is 7.84. The lowest BCUT2D eigenvalue weighted by Crippen LogP contribution is -2.43. The highest BCUT2D eigenvalue weighted by Crippen LogP contribution is 2.26. The Balaban J connectivity index is 1.98. The van der Waals surface area contributed by atoms with Crippen molar-refractivity contribution in [2.75, 3.05) is 19.5 Å². The van der Waals surface area contributed by atoms with Crippen LogP contribution in [0.3, 0.4) is 0 Å². The van der Waals surface area contributed by atoms with Crippen molar-refractivity contribution in [3.63, 3.8) is 0 Å². The summed E-state index contributed by atoms with van der Waals surface area (Å²) in [6, 6.07) is 6.11. The molecule has 4 nitrogen and oxygen atoms in total. The van der Waals surface area contributed by atoms with Crippen molar-refractivity contribution in [3.05, 3.63) is 18.2 Å². The average Bonchev–Trinajstić information content (AvgIpc) is 2.49. The van der Waals surface area contributed by atoms with E-state index < -0.39 is 0 Å². The molecule has 1 fully saturated rings. The van der Waals surface area contributed by atoms with Gasteiger partial charge in [0.1, 0.15) is 11.5 Å². The molecule has 2 N–H and O–H groups in total. The quantitative estimate of drug-likeness (QED) is 0.832. The van der Waals surface area contributed by atoms with Gasteiger partial charge in [0.25, 0.3) is 0 Å². The normalized spacial score (nSPS) is 21.5. The SMILES string of the molecule is COc1cc(NC(=S)NC2CCCCC2C)cc(OC)c1. The molecule has 1 saturated carbocycles. The Morgan fingerprint density at radius 2 is 1.71 bits per heavy atom. The maximum absolute atomic E-state index is 5.42. The number of nitrogens with one attached hydrogen (secondary N) is 2. The van der Waals surface area contributed by atoms with Crippen LogP contribution in [0.1, 0.15) is 32.6 Å². The summed E-state index contributed by atoms with van der Waals surface area (Å²) in [6.45, 7) is 2.29. The van der Waals surface area contributed by atoms with E-state index in [0.717, 1.165) is 17.2 Å². The topological polar surface area (TPSA) is 42.5 Å². The molecular weight excluding hydrogens is 284 g/mol. The number of rotatable bonds is 4. The Morgan fingerprint density at radius 1 is 1.10 bits per heavy atom. The molecule has 2 unspecified atom stereocenters. The van der Waals surface area contributed by atoms with Crippen molar-refractivity contribution in [3.8, 4) is 11.5 Å². The first-order chi connectivity index (χ1) is 10.1. The largest absolute Gasteiger partial charge is 0.497 e. The molecule has 1 aliphatic carbocycles. The van der Waals surface area contributed by atoms with E-state index in [1.54, 1.807) is 14.2 Å². The maximum atomic E-state index is 5.42. The van der Waals surface area contributed by atoms with Crippen molar-refractivity contribution < 1.29 is 9.47 Å². The van der Waals surface area contributed by atoms with Gasteiger partial charge in [0.2, 0.25) is 0 Å². The molecule has 1 aromatic carbocycles. The summed E-state index contributed by atoms with van der Waals surface area (Å²) in [5.74, 6) is 2.15. The van der Waals surface area contributed by atoms with E-state index >= 15 is 0 Å². The molecule has 5 heteroatoms. The molecule has 2 rings (SSSR count). The summed E-state index contributed by atoms with van der Waals surface area (Å²) in [5, 5.41) is 7.31. The molecule has 0 aromatic heterocycles. The van der Waals surface area contributed by atoms with E-state index in [0.29, 0.717) is 17.1 Å². The predicted octanol–water partition coefficient (Wildman–Crippen LogP) is 3.57. The highest BCUT2D eigenvalue weighted by molar-refractivity contribution is 7.80. The molecule has 0 amide bonds. The van der Waals surface area contributed by atoms with E-state index in [1.165, 1.54) is 25.7 Å². The molecular formula is C16H24N2O2S. The Hall–Kier alpha value is -1.49. The second kappa shape index (κ2) is 7.50. The van der Waals surface area contributed by atoms with Crippen molar-refractivity contribution in [2.45, 2.75) is 38.6 Å². The van der Waals surface area contributed by atoms with Crippen LogP contribution < -0.4 is 20.1 Å². The van der Waals surface area contributed by atoms with Gasteiger partial charge in [-0.2, -0.15) is 0 Å². The molecule has 2 atom stereocenters. The van der Waals surface area contributed by atoms with Crippen LogP contribution in [-0.2, 0) is 0 Å². The zero-order valence-electron chi connectivity index (χ0n) is 12.9. The van der Waals surface area contributed by atoms with Crippen LogP contribution >= 0.6 is 12.2 Å². The number of benzene rings is 1. The monoisotopic (exact) mass is 308 g/mol. The van der Waals surface area contributed by atoms with Crippen molar-refractivity contribution in [2.24, 2.45) is 5.92 Å². The highest BCUT2D eigenvalue weighted by atomic mass is 32.1. The minimum Gasteiger partial charge on any atom is -0.497 e. The first kappa shape index (κ1) is 15.9. The van der Waals surface area contributed by atoms with Crippen molar-refractivity contribution in [1.82, 2.24) is 5.32 Å². The van der Waals surface area contributed by atoms with Gasteiger partial charge in [-0.3, -0.25) is 0 Å². The fourth-order valence-electron chi connectivity index (χ4n) is 2.75. The lowest BCUT2D eigenvalue weighted by atomic mass is 9.86. The Morgan fingerprint density at radius 3 is 2.29 bits per heavy atom.